The van der Waals surface area contributed by atoms with Crippen molar-refractivity contribution < 1.29 is 17.6 Å². The monoisotopic (exact) mass is 354 g/mol. The van der Waals surface area contributed by atoms with Crippen LogP contribution in [0.2, 0.25) is 10.0 Å². The molecule has 0 unspecified atom stereocenters. The molecule has 0 radical (unpaired) electrons. The number of nitrogens with zero attached hydrogens (tertiary/aromatic N) is 2. The normalized spacial score (nSPS) is 10.6. The first-order valence-electron chi connectivity index (χ1n) is 5.89. The lowest BCUT2D eigenvalue weighted by Gasteiger charge is -2.11. The fraction of sp³-hybridized carbons (Fsp3) is 0.167. The van der Waals surface area contributed by atoms with Gasteiger partial charge in [-0.1, -0.05) is 23.2 Å². The van der Waals surface area contributed by atoms with Crippen LogP contribution in [0.4, 0.5) is 29.1 Å². The van der Waals surface area contributed by atoms with Gasteiger partial charge in [0, 0.05) is 19.3 Å². The Hall–Kier alpha value is -1.80. The van der Waals surface area contributed by atoms with Crippen molar-refractivity contribution in [1.82, 2.24) is 9.97 Å². The maximum atomic E-state index is 13.3. The number of pyridine rings is 2. The molecular formula is C12H8Cl2F4N4. The molecule has 0 saturated carbocycles. The van der Waals surface area contributed by atoms with Crippen molar-refractivity contribution in [3.8, 4) is 0 Å². The van der Waals surface area contributed by atoms with Gasteiger partial charge in [0.2, 0.25) is 11.6 Å². The van der Waals surface area contributed by atoms with Crippen LogP contribution in [0.25, 0.3) is 0 Å². The third kappa shape index (κ3) is 3.69. The van der Waals surface area contributed by atoms with Crippen LogP contribution in [-0.2, 0) is 0 Å². The van der Waals surface area contributed by atoms with Gasteiger partial charge < -0.3 is 10.6 Å². The Balaban J connectivity index is 1.97. The van der Waals surface area contributed by atoms with Crippen LogP contribution >= 0.6 is 23.2 Å². The van der Waals surface area contributed by atoms with Crippen LogP contribution < -0.4 is 10.6 Å². The number of aromatic nitrogens is 2. The molecule has 0 aliphatic carbocycles. The molecule has 0 amide bonds. The van der Waals surface area contributed by atoms with E-state index in [2.05, 4.69) is 20.6 Å². The number of rotatable bonds is 5. The second-order valence-corrected chi connectivity index (χ2v) is 4.88. The molecule has 2 rings (SSSR count). The topological polar surface area (TPSA) is 49.8 Å². The molecule has 2 heterocycles. The van der Waals surface area contributed by atoms with Gasteiger partial charge in [-0.25, -0.2) is 4.98 Å². The maximum absolute atomic E-state index is 13.3. The van der Waals surface area contributed by atoms with Gasteiger partial charge in [0.25, 0.3) is 11.9 Å². The van der Waals surface area contributed by atoms with Gasteiger partial charge in [0.05, 0.1) is 10.0 Å². The highest BCUT2D eigenvalue weighted by molar-refractivity contribution is 6.35. The van der Waals surface area contributed by atoms with E-state index in [-0.39, 0.29) is 18.1 Å². The molecule has 0 bridgehead atoms. The third-order valence-electron chi connectivity index (χ3n) is 2.52. The molecule has 0 atom stereocenters. The summed E-state index contributed by atoms with van der Waals surface area (Å²) in [4.78, 5) is 6.35. The molecule has 118 valence electrons. The zero-order valence-electron chi connectivity index (χ0n) is 10.7. The molecule has 0 fully saturated rings. The van der Waals surface area contributed by atoms with Gasteiger partial charge >= 0.3 is 0 Å². The summed E-state index contributed by atoms with van der Waals surface area (Å²) in [6.45, 7) is 0.0656. The number of halogens is 6. The highest BCUT2D eigenvalue weighted by atomic mass is 35.5. The average molecular weight is 355 g/mol. The maximum Gasteiger partial charge on any atom is 0.253 e. The third-order valence-corrected chi connectivity index (χ3v) is 3.02. The van der Waals surface area contributed by atoms with E-state index in [0.29, 0.717) is 10.8 Å². The van der Waals surface area contributed by atoms with Crippen LogP contribution in [0, 0.1) is 23.5 Å². The van der Waals surface area contributed by atoms with E-state index in [0.717, 1.165) is 0 Å². The first kappa shape index (κ1) is 16.6. The Labute approximate surface area is 132 Å². The van der Waals surface area contributed by atoms with E-state index in [1.165, 1.54) is 12.3 Å². The molecule has 2 N–H and O–H groups in total. The van der Waals surface area contributed by atoms with Crippen molar-refractivity contribution in [2.45, 2.75) is 0 Å². The summed E-state index contributed by atoms with van der Waals surface area (Å²) in [5.74, 6) is -6.34. The predicted octanol–water partition coefficient (Wildman–Crippen LogP) is 3.86. The minimum atomic E-state index is -1.73. The zero-order valence-corrected chi connectivity index (χ0v) is 12.2. The number of hydrogen-bond donors (Lipinski definition) is 2. The summed E-state index contributed by atoms with van der Waals surface area (Å²) in [6.07, 6.45) is 1.36. The van der Waals surface area contributed by atoms with E-state index in [9.17, 15) is 17.6 Å². The largest absolute Gasteiger partial charge is 0.378 e. The van der Waals surface area contributed by atoms with Crippen molar-refractivity contribution in [3.63, 3.8) is 0 Å². The Morgan fingerprint density at radius 2 is 1.55 bits per heavy atom. The lowest BCUT2D eigenvalue weighted by molar-refractivity contribution is 0.411. The standard InChI is InChI=1S/C12H8Cl2F4N4/c13-5-3-6(14)12(21-4-5)20-2-1-19-9-7(15)10(17)22-11(18)8(9)16/h3-4H,1-2H2,(H,19,22)(H,20,21). The van der Waals surface area contributed by atoms with Crippen LogP contribution in [-0.4, -0.2) is 23.1 Å². The molecule has 22 heavy (non-hydrogen) atoms. The molecule has 4 nitrogen and oxygen atoms in total. The lowest BCUT2D eigenvalue weighted by atomic mass is 10.3. The van der Waals surface area contributed by atoms with Gasteiger partial charge in [-0.15, -0.1) is 0 Å². The van der Waals surface area contributed by atoms with E-state index >= 15 is 0 Å². The van der Waals surface area contributed by atoms with Gasteiger partial charge in [0.15, 0.2) is 0 Å². The minimum absolute atomic E-state index is 0.0582. The van der Waals surface area contributed by atoms with Gasteiger partial charge in [-0.3, -0.25) is 0 Å². The van der Waals surface area contributed by atoms with Crippen LogP contribution in [0.1, 0.15) is 0 Å². The van der Waals surface area contributed by atoms with Crippen LogP contribution in [0.3, 0.4) is 0 Å². The minimum Gasteiger partial charge on any atom is -0.378 e. The fourth-order valence-electron chi connectivity index (χ4n) is 1.56. The highest BCUT2D eigenvalue weighted by Gasteiger charge is 2.20. The lowest BCUT2D eigenvalue weighted by Crippen LogP contribution is -2.17. The summed E-state index contributed by atoms with van der Waals surface area (Å²) >= 11 is 11.5. The van der Waals surface area contributed by atoms with Crippen LogP contribution in [0.5, 0.6) is 0 Å². The Bertz CT molecular complexity index is 673. The van der Waals surface area contributed by atoms with Gasteiger partial charge in [-0.05, 0) is 6.07 Å². The molecule has 10 heteroatoms. The number of nitrogens with one attached hydrogen (secondary N) is 2. The number of anilines is 2. The Morgan fingerprint density at radius 3 is 2.14 bits per heavy atom. The molecule has 0 spiro atoms. The zero-order chi connectivity index (χ0) is 16.3. The summed E-state index contributed by atoms with van der Waals surface area (Å²) in [7, 11) is 0. The first-order valence-corrected chi connectivity index (χ1v) is 6.64. The Kier molecular flexibility index (Phi) is 5.25. The van der Waals surface area contributed by atoms with Gasteiger partial charge in [0.1, 0.15) is 11.5 Å². The van der Waals surface area contributed by atoms with Crippen molar-refractivity contribution >= 4 is 34.7 Å². The van der Waals surface area contributed by atoms with Crippen molar-refractivity contribution in [2.24, 2.45) is 0 Å². The first-order chi connectivity index (χ1) is 10.4. The molecule has 0 aliphatic heterocycles. The van der Waals surface area contributed by atoms with Crippen LogP contribution in [0.15, 0.2) is 12.3 Å². The molecule has 0 aliphatic rings. The second-order valence-electron chi connectivity index (χ2n) is 4.03. The molecular weight excluding hydrogens is 347 g/mol. The smallest absolute Gasteiger partial charge is 0.253 e. The molecule has 2 aromatic heterocycles. The molecule has 0 aromatic carbocycles. The highest BCUT2D eigenvalue weighted by Crippen LogP contribution is 2.23. The van der Waals surface area contributed by atoms with Crippen molar-refractivity contribution in [3.05, 3.63) is 45.8 Å². The van der Waals surface area contributed by atoms with E-state index in [1.54, 1.807) is 0 Å². The van der Waals surface area contributed by atoms with E-state index in [4.69, 9.17) is 23.2 Å². The number of hydrogen-bond acceptors (Lipinski definition) is 4. The summed E-state index contributed by atoms with van der Waals surface area (Å²) in [6, 6.07) is 1.46. The fourth-order valence-corrected chi connectivity index (χ4v) is 2.00. The SMILES string of the molecule is Fc1nc(F)c(F)c(NCCNc2ncc(Cl)cc2Cl)c1F. The van der Waals surface area contributed by atoms with E-state index in [1.807, 2.05) is 0 Å². The predicted molar refractivity (Wildman–Crippen MR) is 75.3 cm³/mol. The Morgan fingerprint density at radius 1 is 0.955 bits per heavy atom. The quantitative estimate of drug-likeness (QED) is 0.486. The van der Waals surface area contributed by atoms with Gasteiger partial charge in [-0.2, -0.15) is 22.5 Å². The summed E-state index contributed by atoms with van der Waals surface area (Å²) in [5, 5.41) is 5.60. The van der Waals surface area contributed by atoms with E-state index < -0.39 is 29.2 Å². The second kappa shape index (κ2) is 6.97. The average Bonchev–Trinajstić information content (AvgIpc) is 2.46. The molecule has 0 saturated heterocycles. The van der Waals surface area contributed by atoms with Crippen molar-refractivity contribution in [1.29, 1.82) is 0 Å². The summed E-state index contributed by atoms with van der Waals surface area (Å²) in [5.41, 5.74) is -0.929. The summed E-state index contributed by atoms with van der Waals surface area (Å²) < 4.78 is 52.4. The van der Waals surface area contributed by atoms with Crippen molar-refractivity contribution in [2.75, 3.05) is 23.7 Å². The molecule has 2 aromatic rings.